The average Bonchev–Trinajstić information content (AvgIpc) is 2.65. The molecule has 29 heavy (non-hydrogen) atoms. The molecule has 3 rings (SSSR count). The van der Waals surface area contributed by atoms with Gasteiger partial charge in [0, 0.05) is 17.8 Å². The van der Waals surface area contributed by atoms with E-state index < -0.39 is 6.10 Å². The van der Waals surface area contributed by atoms with Gasteiger partial charge in [-0.05, 0) is 55.2 Å². The lowest BCUT2D eigenvalue weighted by atomic mass is 9.87. The number of fused-ring (bicyclic) bond motifs is 1. The van der Waals surface area contributed by atoms with Crippen LogP contribution in [-0.4, -0.2) is 24.5 Å². The van der Waals surface area contributed by atoms with E-state index in [4.69, 9.17) is 4.74 Å². The molecule has 5 nitrogen and oxygen atoms in total. The fraction of sp³-hybridized carbons (Fsp3) is 0.333. The van der Waals surface area contributed by atoms with E-state index in [9.17, 15) is 9.59 Å². The number of ether oxygens (including phenoxy) is 1. The second-order valence-electron chi connectivity index (χ2n) is 8.61. The highest BCUT2D eigenvalue weighted by atomic mass is 16.5. The minimum absolute atomic E-state index is 0.0317. The van der Waals surface area contributed by atoms with E-state index in [2.05, 4.69) is 32.7 Å². The van der Waals surface area contributed by atoms with Crippen LogP contribution >= 0.6 is 0 Å². The van der Waals surface area contributed by atoms with Crippen molar-refractivity contribution in [3.05, 3.63) is 65.7 Å². The van der Waals surface area contributed by atoms with Crippen molar-refractivity contribution in [2.24, 2.45) is 0 Å². The Balaban J connectivity index is 1.84. The summed E-state index contributed by atoms with van der Waals surface area (Å²) in [4.78, 5) is 26.9. The lowest BCUT2D eigenvalue weighted by Crippen LogP contribution is -2.45. The molecule has 0 radical (unpaired) electrons. The van der Waals surface area contributed by atoms with Crippen LogP contribution < -0.4 is 15.0 Å². The van der Waals surface area contributed by atoms with Crippen molar-refractivity contribution >= 4 is 23.2 Å². The minimum atomic E-state index is -0.552. The molecule has 0 saturated heterocycles. The first kappa shape index (κ1) is 20.6. The van der Waals surface area contributed by atoms with Crippen LogP contribution in [0.5, 0.6) is 5.75 Å². The third kappa shape index (κ3) is 4.50. The Morgan fingerprint density at radius 3 is 2.41 bits per heavy atom. The highest BCUT2D eigenvalue weighted by Crippen LogP contribution is 2.36. The van der Waals surface area contributed by atoms with Gasteiger partial charge in [-0.25, -0.2) is 0 Å². The van der Waals surface area contributed by atoms with Crippen LogP contribution in [0.25, 0.3) is 0 Å². The largest absolute Gasteiger partial charge is 0.479 e. The summed E-state index contributed by atoms with van der Waals surface area (Å²) in [6.07, 6.45) is -0.552. The fourth-order valence-electron chi connectivity index (χ4n) is 3.24. The second-order valence-corrected chi connectivity index (χ2v) is 8.61. The van der Waals surface area contributed by atoms with Gasteiger partial charge in [-0.3, -0.25) is 9.59 Å². The summed E-state index contributed by atoms with van der Waals surface area (Å²) in [5, 5.41) is 2.91. The van der Waals surface area contributed by atoms with E-state index in [0.717, 1.165) is 5.57 Å². The Hall–Kier alpha value is -3.08. The van der Waals surface area contributed by atoms with Gasteiger partial charge in [0.05, 0.1) is 5.69 Å². The predicted octanol–water partition coefficient (Wildman–Crippen LogP) is 4.93. The molecule has 0 saturated carbocycles. The van der Waals surface area contributed by atoms with E-state index in [-0.39, 0.29) is 17.2 Å². The predicted molar refractivity (Wildman–Crippen MR) is 117 cm³/mol. The average molecular weight is 392 g/mol. The summed E-state index contributed by atoms with van der Waals surface area (Å²) >= 11 is 0. The number of carbonyl (C=O) groups excluding carboxylic acids is 2. The van der Waals surface area contributed by atoms with Crippen molar-refractivity contribution < 1.29 is 14.3 Å². The summed E-state index contributed by atoms with van der Waals surface area (Å²) in [5.74, 6) is 0.293. The molecule has 1 atom stereocenters. The number of anilines is 2. The molecule has 2 amide bonds. The molecular formula is C24H28N2O3. The molecule has 2 aromatic rings. The first-order valence-electron chi connectivity index (χ1n) is 9.74. The van der Waals surface area contributed by atoms with Gasteiger partial charge in [0.2, 0.25) is 0 Å². The molecule has 152 valence electrons. The third-order valence-electron chi connectivity index (χ3n) is 4.87. The van der Waals surface area contributed by atoms with Gasteiger partial charge in [-0.15, -0.1) is 0 Å². The lowest BCUT2D eigenvalue weighted by Gasteiger charge is -2.33. The molecule has 1 heterocycles. The molecule has 1 aliphatic heterocycles. The number of carbonyl (C=O) groups is 2. The van der Waals surface area contributed by atoms with Gasteiger partial charge >= 0.3 is 0 Å². The normalized spacial score (nSPS) is 16.1. The van der Waals surface area contributed by atoms with Crippen LogP contribution in [0.3, 0.4) is 0 Å². The van der Waals surface area contributed by atoms with Gasteiger partial charge in [0.25, 0.3) is 11.8 Å². The van der Waals surface area contributed by atoms with Crippen molar-refractivity contribution in [2.45, 2.75) is 46.1 Å². The number of nitrogens with zero attached hydrogens (tertiary/aromatic N) is 1. The first-order valence-corrected chi connectivity index (χ1v) is 9.74. The van der Waals surface area contributed by atoms with Crippen LogP contribution in [0.2, 0.25) is 0 Å². The van der Waals surface area contributed by atoms with Gasteiger partial charge in [-0.2, -0.15) is 0 Å². The Morgan fingerprint density at radius 1 is 1.17 bits per heavy atom. The van der Waals surface area contributed by atoms with Crippen molar-refractivity contribution in [3.63, 3.8) is 0 Å². The molecule has 1 unspecified atom stereocenters. The van der Waals surface area contributed by atoms with Crippen molar-refractivity contribution in [1.29, 1.82) is 0 Å². The summed E-state index contributed by atoms with van der Waals surface area (Å²) in [6.45, 7) is 14.3. The van der Waals surface area contributed by atoms with E-state index in [1.165, 1.54) is 5.56 Å². The monoisotopic (exact) mass is 392 g/mol. The van der Waals surface area contributed by atoms with E-state index >= 15 is 0 Å². The number of rotatable bonds is 4. The number of nitrogens with one attached hydrogen (secondary N) is 1. The standard InChI is InChI=1S/C24H28N2O3/c1-15(2)14-26-20-13-19(11-12-21(20)29-16(3)23(26)28)25-22(27)17-7-9-18(10-8-17)24(4,5)6/h7-13,16H,1,14H2,2-6H3,(H,25,27). The Labute approximate surface area is 172 Å². The summed E-state index contributed by atoms with van der Waals surface area (Å²) in [7, 11) is 0. The van der Waals surface area contributed by atoms with E-state index in [1.807, 2.05) is 31.2 Å². The molecule has 0 aliphatic carbocycles. The highest BCUT2D eigenvalue weighted by molar-refractivity contribution is 6.05. The Bertz CT molecular complexity index is 955. The summed E-state index contributed by atoms with van der Waals surface area (Å²) in [6, 6.07) is 12.9. The van der Waals surface area contributed by atoms with Gasteiger partial charge in [0.15, 0.2) is 6.10 Å². The third-order valence-corrected chi connectivity index (χ3v) is 4.87. The Kier molecular flexibility index (Phi) is 5.51. The van der Waals surface area contributed by atoms with E-state index in [0.29, 0.717) is 29.2 Å². The number of amides is 2. The van der Waals surface area contributed by atoms with Crippen molar-refractivity contribution in [3.8, 4) is 5.75 Å². The molecule has 0 fully saturated rings. The molecule has 1 aliphatic rings. The smallest absolute Gasteiger partial charge is 0.268 e. The second kappa shape index (κ2) is 7.74. The molecule has 0 bridgehead atoms. The van der Waals surface area contributed by atoms with E-state index in [1.54, 1.807) is 30.0 Å². The molecular weight excluding hydrogens is 364 g/mol. The topological polar surface area (TPSA) is 58.6 Å². The summed E-state index contributed by atoms with van der Waals surface area (Å²) in [5.41, 5.74) is 3.89. The van der Waals surface area contributed by atoms with Crippen LogP contribution in [0.4, 0.5) is 11.4 Å². The zero-order valence-corrected chi connectivity index (χ0v) is 17.7. The SMILES string of the molecule is C=C(C)CN1C(=O)C(C)Oc2ccc(NC(=O)c3ccc(C(C)(C)C)cc3)cc21. The maximum atomic E-state index is 12.7. The number of benzene rings is 2. The van der Waals surface area contributed by atoms with Crippen LogP contribution in [0.15, 0.2) is 54.6 Å². The molecule has 0 spiro atoms. The molecule has 0 aromatic heterocycles. The maximum Gasteiger partial charge on any atom is 0.268 e. The van der Waals surface area contributed by atoms with Gasteiger partial charge in [0.1, 0.15) is 5.75 Å². The van der Waals surface area contributed by atoms with Crippen LogP contribution in [0, 0.1) is 0 Å². The lowest BCUT2D eigenvalue weighted by molar-refractivity contribution is -0.125. The Morgan fingerprint density at radius 2 is 1.83 bits per heavy atom. The minimum Gasteiger partial charge on any atom is -0.479 e. The van der Waals surface area contributed by atoms with Crippen molar-refractivity contribution in [2.75, 3.05) is 16.8 Å². The highest BCUT2D eigenvalue weighted by Gasteiger charge is 2.31. The van der Waals surface area contributed by atoms with Crippen LogP contribution in [-0.2, 0) is 10.2 Å². The fourth-order valence-corrected chi connectivity index (χ4v) is 3.24. The zero-order chi connectivity index (χ0) is 21.3. The first-order chi connectivity index (χ1) is 13.6. The maximum absolute atomic E-state index is 12.7. The van der Waals surface area contributed by atoms with Gasteiger partial charge < -0.3 is 15.0 Å². The quantitative estimate of drug-likeness (QED) is 0.751. The number of hydrogen-bond acceptors (Lipinski definition) is 3. The molecule has 1 N–H and O–H groups in total. The molecule has 5 heteroatoms. The number of hydrogen-bond donors (Lipinski definition) is 1. The zero-order valence-electron chi connectivity index (χ0n) is 17.7. The van der Waals surface area contributed by atoms with Crippen molar-refractivity contribution in [1.82, 2.24) is 0 Å². The van der Waals surface area contributed by atoms with Crippen LogP contribution in [0.1, 0.15) is 50.5 Å². The summed E-state index contributed by atoms with van der Waals surface area (Å²) < 4.78 is 5.71. The molecule has 2 aromatic carbocycles. The van der Waals surface area contributed by atoms with Gasteiger partial charge in [-0.1, -0.05) is 45.1 Å².